The number of amides is 2. The number of likely N-dealkylation sites (tertiary alicyclic amines) is 1. The second-order valence-electron chi connectivity index (χ2n) is 4.83. The van der Waals surface area contributed by atoms with Gasteiger partial charge in [-0.15, -0.1) is 0 Å². The van der Waals surface area contributed by atoms with E-state index in [1.807, 2.05) is 0 Å². The molecule has 0 aromatic heterocycles. The fourth-order valence-electron chi connectivity index (χ4n) is 1.94. The van der Waals surface area contributed by atoms with Crippen molar-refractivity contribution in [3.63, 3.8) is 0 Å². The number of halogens is 1. The summed E-state index contributed by atoms with van der Waals surface area (Å²) in [5.41, 5.74) is 5.71. The van der Waals surface area contributed by atoms with Crippen LogP contribution < -0.4 is 11.1 Å². The van der Waals surface area contributed by atoms with Crippen molar-refractivity contribution < 1.29 is 19.1 Å². The first kappa shape index (κ1) is 14.8. The van der Waals surface area contributed by atoms with Crippen LogP contribution in [0.25, 0.3) is 0 Å². The minimum atomic E-state index is -1.78. The number of rotatable bonds is 3. The number of alkyl halides is 1. The Morgan fingerprint density at radius 3 is 2.50 bits per heavy atom. The molecule has 1 fully saturated rings. The van der Waals surface area contributed by atoms with Crippen molar-refractivity contribution in [1.29, 1.82) is 0 Å². The van der Waals surface area contributed by atoms with E-state index in [2.05, 4.69) is 5.32 Å². The Bertz CT molecular complexity index is 337. The van der Waals surface area contributed by atoms with Crippen LogP contribution >= 0.6 is 0 Å². The predicted molar refractivity (Wildman–Crippen MR) is 63.3 cm³/mol. The quantitative estimate of drug-likeness (QED) is 0.584. The van der Waals surface area contributed by atoms with Gasteiger partial charge in [-0.1, -0.05) is 13.8 Å². The van der Waals surface area contributed by atoms with Crippen molar-refractivity contribution in [2.75, 3.05) is 13.6 Å². The van der Waals surface area contributed by atoms with Crippen LogP contribution in [-0.4, -0.2) is 59.8 Å². The Kier molecular flexibility index (Phi) is 4.64. The number of hydrogen-bond acceptors (Lipinski definition) is 4. The van der Waals surface area contributed by atoms with Gasteiger partial charge in [0.05, 0.1) is 12.6 Å². The number of nitrogens with zero attached hydrogens (tertiary/aromatic N) is 1. The average molecular weight is 261 g/mol. The number of carbonyl (C=O) groups is 2. The molecule has 7 heteroatoms. The Balaban J connectivity index is 2.92. The lowest BCUT2D eigenvalue weighted by atomic mass is 10.0. The van der Waals surface area contributed by atoms with Gasteiger partial charge in [0, 0.05) is 7.05 Å². The third-order valence-electron chi connectivity index (χ3n) is 3.19. The number of aliphatic hydroxyl groups excluding tert-OH is 1. The molecule has 2 unspecified atom stereocenters. The molecule has 1 aliphatic rings. The highest BCUT2D eigenvalue weighted by atomic mass is 19.1. The molecule has 0 saturated carbocycles. The maximum atomic E-state index is 13.7. The van der Waals surface area contributed by atoms with E-state index in [1.165, 1.54) is 7.05 Å². The lowest BCUT2D eigenvalue weighted by Gasteiger charge is -2.27. The molecule has 0 aromatic carbocycles. The van der Waals surface area contributed by atoms with Gasteiger partial charge in [-0.3, -0.25) is 9.59 Å². The van der Waals surface area contributed by atoms with E-state index in [0.29, 0.717) is 0 Å². The first-order valence-electron chi connectivity index (χ1n) is 5.91. The summed E-state index contributed by atoms with van der Waals surface area (Å²) >= 11 is 0. The van der Waals surface area contributed by atoms with Crippen molar-refractivity contribution in [3.8, 4) is 0 Å². The molecule has 0 aliphatic carbocycles. The molecule has 18 heavy (non-hydrogen) atoms. The first-order chi connectivity index (χ1) is 8.31. The summed E-state index contributed by atoms with van der Waals surface area (Å²) < 4.78 is 13.7. The van der Waals surface area contributed by atoms with Crippen LogP contribution in [0.4, 0.5) is 4.39 Å². The van der Waals surface area contributed by atoms with Crippen LogP contribution in [0.1, 0.15) is 13.8 Å². The Hall–Kier alpha value is -1.21. The second-order valence-corrected chi connectivity index (χ2v) is 4.83. The van der Waals surface area contributed by atoms with E-state index >= 15 is 0 Å². The molecule has 1 heterocycles. The fourth-order valence-corrected chi connectivity index (χ4v) is 1.94. The topological polar surface area (TPSA) is 95.7 Å². The van der Waals surface area contributed by atoms with Gasteiger partial charge in [-0.2, -0.15) is 0 Å². The molecule has 4 atom stereocenters. The van der Waals surface area contributed by atoms with Gasteiger partial charge in [0.15, 0.2) is 6.17 Å². The third-order valence-corrected chi connectivity index (χ3v) is 3.19. The van der Waals surface area contributed by atoms with Crippen molar-refractivity contribution in [1.82, 2.24) is 10.2 Å². The molecule has 0 radical (unpaired) electrons. The van der Waals surface area contributed by atoms with E-state index < -0.39 is 36.2 Å². The van der Waals surface area contributed by atoms with Gasteiger partial charge in [0.2, 0.25) is 11.8 Å². The highest BCUT2D eigenvalue weighted by Crippen LogP contribution is 2.23. The lowest BCUT2D eigenvalue weighted by molar-refractivity contribution is -0.141. The first-order valence-corrected chi connectivity index (χ1v) is 5.91. The monoisotopic (exact) mass is 261 g/mol. The summed E-state index contributed by atoms with van der Waals surface area (Å²) in [5.74, 6) is -1.28. The molecule has 1 rings (SSSR count). The Morgan fingerprint density at radius 2 is 2.06 bits per heavy atom. The van der Waals surface area contributed by atoms with Crippen molar-refractivity contribution >= 4 is 11.8 Å². The summed E-state index contributed by atoms with van der Waals surface area (Å²) in [6, 6.07) is -2.11. The Labute approximate surface area is 105 Å². The minimum Gasteiger partial charge on any atom is -0.388 e. The number of likely N-dealkylation sites (N-methyl/N-ethyl adjacent to an activating group) is 1. The molecular weight excluding hydrogens is 241 g/mol. The molecule has 0 spiro atoms. The van der Waals surface area contributed by atoms with Gasteiger partial charge in [0.1, 0.15) is 12.1 Å². The highest BCUT2D eigenvalue weighted by Gasteiger charge is 2.48. The smallest absolute Gasteiger partial charge is 0.245 e. The molecule has 6 nitrogen and oxygen atoms in total. The molecular formula is C11H20FN3O3. The Morgan fingerprint density at radius 1 is 1.50 bits per heavy atom. The van der Waals surface area contributed by atoms with Crippen LogP contribution in [0.2, 0.25) is 0 Å². The lowest BCUT2D eigenvalue weighted by Crippen LogP contribution is -2.54. The van der Waals surface area contributed by atoms with Crippen LogP contribution in [0.5, 0.6) is 0 Å². The molecule has 2 amide bonds. The van der Waals surface area contributed by atoms with Crippen LogP contribution in [0.3, 0.4) is 0 Å². The molecule has 0 aromatic rings. The zero-order valence-electron chi connectivity index (χ0n) is 10.8. The number of hydrogen-bond donors (Lipinski definition) is 3. The predicted octanol–water partition coefficient (Wildman–Crippen LogP) is -1.37. The zero-order valence-corrected chi connectivity index (χ0v) is 10.8. The SMILES string of the molecule is CNC(=O)[C@@H]1C(F)[C@@H](O)CN1C(=O)C(N)C(C)C. The second kappa shape index (κ2) is 5.62. The molecule has 0 bridgehead atoms. The summed E-state index contributed by atoms with van der Waals surface area (Å²) in [5, 5.41) is 11.7. The van der Waals surface area contributed by atoms with E-state index in [9.17, 15) is 19.1 Å². The maximum Gasteiger partial charge on any atom is 0.245 e. The summed E-state index contributed by atoms with van der Waals surface area (Å²) in [6.45, 7) is 3.31. The normalized spacial score (nSPS) is 29.5. The van der Waals surface area contributed by atoms with Gasteiger partial charge < -0.3 is 21.1 Å². The van der Waals surface area contributed by atoms with Crippen molar-refractivity contribution in [3.05, 3.63) is 0 Å². The summed E-state index contributed by atoms with van der Waals surface area (Å²) in [6.07, 6.45) is -3.14. The largest absolute Gasteiger partial charge is 0.388 e. The molecule has 1 aliphatic heterocycles. The average Bonchev–Trinajstić information content (AvgIpc) is 2.63. The van der Waals surface area contributed by atoms with Crippen LogP contribution in [0, 0.1) is 5.92 Å². The zero-order chi connectivity index (χ0) is 14.0. The van der Waals surface area contributed by atoms with Gasteiger partial charge in [-0.25, -0.2) is 4.39 Å². The third kappa shape index (κ3) is 2.62. The van der Waals surface area contributed by atoms with Gasteiger partial charge in [0.25, 0.3) is 0 Å². The number of carbonyl (C=O) groups excluding carboxylic acids is 2. The van der Waals surface area contributed by atoms with E-state index in [4.69, 9.17) is 5.73 Å². The molecule has 1 saturated heterocycles. The van der Waals surface area contributed by atoms with Crippen molar-refractivity contribution in [2.24, 2.45) is 11.7 Å². The van der Waals surface area contributed by atoms with E-state index in [-0.39, 0.29) is 12.5 Å². The van der Waals surface area contributed by atoms with E-state index in [1.54, 1.807) is 13.8 Å². The number of nitrogens with two attached hydrogens (primary N) is 1. The van der Waals surface area contributed by atoms with Gasteiger partial charge in [-0.05, 0) is 5.92 Å². The summed E-state index contributed by atoms with van der Waals surface area (Å²) in [7, 11) is 1.35. The molecule has 104 valence electrons. The fraction of sp³-hybridized carbons (Fsp3) is 0.818. The minimum absolute atomic E-state index is 0.126. The number of aliphatic hydroxyl groups is 1. The summed E-state index contributed by atoms with van der Waals surface area (Å²) in [4.78, 5) is 24.7. The maximum absolute atomic E-state index is 13.7. The molecule has 4 N–H and O–H groups in total. The van der Waals surface area contributed by atoms with Crippen molar-refractivity contribution in [2.45, 2.75) is 38.2 Å². The highest BCUT2D eigenvalue weighted by molar-refractivity contribution is 5.91. The number of nitrogens with one attached hydrogen (secondary N) is 1. The van der Waals surface area contributed by atoms with Gasteiger partial charge >= 0.3 is 0 Å². The van der Waals surface area contributed by atoms with E-state index in [0.717, 1.165) is 4.90 Å². The number of β-amino-alcohol motifs (C(OH)–C–C–N with tert-alkyl or cyclic N) is 1. The van der Waals surface area contributed by atoms with Crippen LogP contribution in [0.15, 0.2) is 0 Å². The van der Waals surface area contributed by atoms with Crippen LogP contribution in [-0.2, 0) is 9.59 Å². The standard InChI is InChI=1S/C11H20FN3O3/c1-5(2)8(13)11(18)15-4-6(16)7(12)9(15)10(17)14-3/h5-9,16H,4,13H2,1-3H3,(H,14,17)/t6-,7?,8?,9-/m0/s1.